The van der Waals surface area contributed by atoms with Crippen molar-refractivity contribution in [2.45, 2.75) is 19.5 Å². The number of nitrogens with one attached hydrogen (secondary N) is 3. The van der Waals surface area contributed by atoms with E-state index >= 15 is 0 Å². The van der Waals surface area contributed by atoms with Gasteiger partial charge in [0.2, 0.25) is 0 Å². The topological polar surface area (TPSA) is 95.1 Å². The fourth-order valence-electron chi connectivity index (χ4n) is 3.43. The number of aromatic nitrogens is 3. The second-order valence-corrected chi connectivity index (χ2v) is 8.39. The molecule has 0 spiro atoms. The van der Waals surface area contributed by atoms with Crippen LogP contribution in [0.3, 0.4) is 0 Å². The van der Waals surface area contributed by atoms with Crippen LogP contribution in [0, 0.1) is 6.92 Å². The molecule has 4 rings (SSSR count). The number of aryl methyl sites for hydroxylation is 1. The second-order valence-electron chi connectivity index (χ2n) is 7.53. The first-order chi connectivity index (χ1) is 15.2. The molecule has 2 aromatic heterocycles. The first-order valence-corrected chi connectivity index (χ1v) is 11.3. The van der Waals surface area contributed by atoms with Crippen molar-refractivity contribution in [3.05, 3.63) is 70.8 Å². The Hall–Kier alpha value is -2.88. The smallest absolute Gasteiger partial charge is 0.272 e. The van der Waals surface area contributed by atoms with Gasteiger partial charge in [-0.25, -0.2) is 9.97 Å². The van der Waals surface area contributed by atoms with E-state index in [1.807, 2.05) is 37.3 Å². The highest BCUT2D eigenvalue weighted by Crippen LogP contribution is 2.20. The SMILES string of the molecule is Cc1cnc(C(=O)NC(CNc2nc(CN3CCNCC3)cs2)c2ccccc2)cn1. The quantitative estimate of drug-likeness (QED) is 0.497. The molecule has 1 fully saturated rings. The normalized spacial score (nSPS) is 15.4. The van der Waals surface area contributed by atoms with Crippen molar-refractivity contribution in [1.29, 1.82) is 0 Å². The maximum Gasteiger partial charge on any atom is 0.272 e. The first kappa shape index (κ1) is 21.4. The van der Waals surface area contributed by atoms with Crippen LogP contribution in [0.1, 0.15) is 33.5 Å². The molecule has 162 valence electrons. The molecule has 1 saturated heterocycles. The van der Waals surface area contributed by atoms with Crippen LogP contribution in [-0.4, -0.2) is 58.5 Å². The van der Waals surface area contributed by atoms with E-state index in [0.717, 1.165) is 54.8 Å². The minimum absolute atomic E-state index is 0.225. The highest BCUT2D eigenvalue weighted by Gasteiger charge is 2.18. The molecule has 0 radical (unpaired) electrons. The van der Waals surface area contributed by atoms with E-state index in [9.17, 15) is 4.79 Å². The number of thiazole rings is 1. The van der Waals surface area contributed by atoms with Gasteiger partial charge in [0, 0.05) is 50.8 Å². The molecule has 3 heterocycles. The lowest BCUT2D eigenvalue weighted by molar-refractivity contribution is 0.0933. The fraction of sp³-hybridized carbons (Fsp3) is 0.364. The Kier molecular flexibility index (Phi) is 7.18. The van der Waals surface area contributed by atoms with E-state index in [1.165, 1.54) is 6.20 Å². The van der Waals surface area contributed by atoms with Gasteiger partial charge in [0.05, 0.1) is 23.6 Å². The van der Waals surface area contributed by atoms with Crippen LogP contribution in [0.2, 0.25) is 0 Å². The highest BCUT2D eigenvalue weighted by molar-refractivity contribution is 7.13. The third-order valence-corrected chi connectivity index (χ3v) is 5.97. The number of anilines is 1. The minimum Gasteiger partial charge on any atom is -0.359 e. The van der Waals surface area contributed by atoms with Crippen molar-refractivity contribution in [3.63, 3.8) is 0 Å². The highest BCUT2D eigenvalue weighted by atomic mass is 32.1. The predicted molar refractivity (Wildman–Crippen MR) is 122 cm³/mol. The summed E-state index contributed by atoms with van der Waals surface area (Å²) in [4.78, 5) is 28.2. The van der Waals surface area contributed by atoms with E-state index in [4.69, 9.17) is 4.98 Å². The number of amides is 1. The molecule has 1 unspecified atom stereocenters. The number of carbonyl (C=O) groups is 1. The largest absolute Gasteiger partial charge is 0.359 e. The van der Waals surface area contributed by atoms with Gasteiger partial charge < -0.3 is 16.0 Å². The Labute approximate surface area is 186 Å². The van der Waals surface area contributed by atoms with E-state index in [-0.39, 0.29) is 11.9 Å². The van der Waals surface area contributed by atoms with Gasteiger partial charge in [-0.15, -0.1) is 11.3 Å². The summed E-state index contributed by atoms with van der Waals surface area (Å²) < 4.78 is 0. The Bertz CT molecular complexity index is 971. The van der Waals surface area contributed by atoms with Crippen LogP contribution in [-0.2, 0) is 6.54 Å². The number of rotatable bonds is 8. The van der Waals surface area contributed by atoms with Crippen LogP contribution in [0.25, 0.3) is 0 Å². The molecule has 0 aliphatic carbocycles. The van der Waals surface area contributed by atoms with Crippen molar-refractivity contribution >= 4 is 22.4 Å². The van der Waals surface area contributed by atoms with Crippen LogP contribution in [0.4, 0.5) is 5.13 Å². The van der Waals surface area contributed by atoms with Crippen LogP contribution < -0.4 is 16.0 Å². The molecular formula is C22H27N7OS. The Balaban J connectivity index is 1.39. The lowest BCUT2D eigenvalue weighted by Crippen LogP contribution is -2.42. The minimum atomic E-state index is -0.248. The van der Waals surface area contributed by atoms with Gasteiger partial charge in [0.25, 0.3) is 5.91 Å². The summed E-state index contributed by atoms with van der Waals surface area (Å²) in [5.74, 6) is -0.248. The average molecular weight is 438 g/mol. The van der Waals surface area contributed by atoms with Crippen molar-refractivity contribution in [1.82, 2.24) is 30.5 Å². The third-order valence-electron chi connectivity index (χ3n) is 5.13. The first-order valence-electron chi connectivity index (χ1n) is 10.4. The van der Waals surface area contributed by atoms with Crippen LogP contribution in [0.5, 0.6) is 0 Å². The molecular weight excluding hydrogens is 410 g/mol. The maximum atomic E-state index is 12.7. The Morgan fingerprint density at radius 1 is 1.19 bits per heavy atom. The lowest BCUT2D eigenvalue weighted by atomic mass is 10.1. The molecule has 0 saturated carbocycles. The molecule has 1 amide bonds. The third kappa shape index (κ3) is 6.06. The van der Waals surface area contributed by atoms with Gasteiger partial charge in [0.1, 0.15) is 5.69 Å². The van der Waals surface area contributed by atoms with Gasteiger partial charge in [-0.05, 0) is 12.5 Å². The van der Waals surface area contributed by atoms with Gasteiger partial charge in [-0.1, -0.05) is 30.3 Å². The summed E-state index contributed by atoms with van der Waals surface area (Å²) >= 11 is 1.59. The van der Waals surface area contributed by atoms with Gasteiger partial charge in [-0.3, -0.25) is 14.7 Å². The van der Waals surface area contributed by atoms with Crippen molar-refractivity contribution in [3.8, 4) is 0 Å². The zero-order valence-electron chi connectivity index (χ0n) is 17.5. The number of hydrogen-bond donors (Lipinski definition) is 3. The zero-order valence-corrected chi connectivity index (χ0v) is 18.4. The second kappa shape index (κ2) is 10.4. The summed E-state index contributed by atoms with van der Waals surface area (Å²) in [5.41, 5.74) is 3.17. The molecule has 1 aromatic carbocycles. The van der Waals surface area contributed by atoms with Crippen molar-refractivity contribution < 1.29 is 4.79 Å². The fourth-order valence-corrected chi connectivity index (χ4v) is 4.14. The molecule has 1 aliphatic heterocycles. The van der Waals surface area contributed by atoms with Gasteiger partial charge >= 0.3 is 0 Å². The molecule has 9 heteroatoms. The monoisotopic (exact) mass is 437 g/mol. The number of carbonyl (C=O) groups excluding carboxylic acids is 1. The lowest BCUT2D eigenvalue weighted by Gasteiger charge is -2.26. The zero-order chi connectivity index (χ0) is 21.5. The summed E-state index contributed by atoms with van der Waals surface area (Å²) in [5, 5.41) is 12.8. The molecule has 1 aliphatic rings. The molecule has 1 atom stereocenters. The Morgan fingerprint density at radius 2 is 2.00 bits per heavy atom. The van der Waals surface area contributed by atoms with E-state index in [0.29, 0.717) is 12.2 Å². The summed E-state index contributed by atoms with van der Waals surface area (Å²) in [6.45, 7) is 7.38. The average Bonchev–Trinajstić information content (AvgIpc) is 3.25. The standard InChI is InChI=1S/C22H27N7OS/c1-16-11-25-20(13-24-16)21(30)28-19(17-5-3-2-4-6-17)12-26-22-27-18(15-31-22)14-29-9-7-23-8-10-29/h2-6,11,13,15,19,23H,7-10,12,14H2,1H3,(H,26,27)(H,28,30). The summed E-state index contributed by atoms with van der Waals surface area (Å²) in [7, 11) is 0. The van der Waals surface area contributed by atoms with Crippen LogP contribution >= 0.6 is 11.3 Å². The Morgan fingerprint density at radius 3 is 2.74 bits per heavy atom. The maximum absolute atomic E-state index is 12.7. The van der Waals surface area contributed by atoms with Crippen molar-refractivity contribution in [2.75, 3.05) is 38.0 Å². The predicted octanol–water partition coefficient (Wildman–Crippen LogP) is 2.23. The number of hydrogen-bond acceptors (Lipinski definition) is 8. The number of nitrogens with zero attached hydrogens (tertiary/aromatic N) is 4. The molecule has 8 nitrogen and oxygen atoms in total. The van der Waals surface area contributed by atoms with E-state index in [1.54, 1.807) is 17.5 Å². The number of benzene rings is 1. The molecule has 0 bridgehead atoms. The summed E-state index contributed by atoms with van der Waals surface area (Å²) in [6, 6.07) is 9.68. The molecule has 31 heavy (non-hydrogen) atoms. The van der Waals surface area contributed by atoms with Crippen molar-refractivity contribution in [2.24, 2.45) is 0 Å². The van der Waals surface area contributed by atoms with E-state index < -0.39 is 0 Å². The molecule has 3 aromatic rings. The van der Waals surface area contributed by atoms with Crippen LogP contribution in [0.15, 0.2) is 48.1 Å². The number of piperazine rings is 1. The van der Waals surface area contributed by atoms with Gasteiger partial charge in [0.15, 0.2) is 5.13 Å². The summed E-state index contributed by atoms with van der Waals surface area (Å²) in [6.07, 6.45) is 3.10. The molecule has 3 N–H and O–H groups in total. The van der Waals surface area contributed by atoms with Gasteiger partial charge in [-0.2, -0.15) is 0 Å². The van der Waals surface area contributed by atoms with E-state index in [2.05, 4.69) is 36.2 Å².